The summed E-state index contributed by atoms with van der Waals surface area (Å²) in [6.07, 6.45) is 1.70. The van der Waals surface area contributed by atoms with E-state index in [9.17, 15) is 4.79 Å². The molecule has 3 nitrogen and oxygen atoms in total. The molecule has 1 heterocycles. The molecular weight excluding hydrogens is 260 g/mol. The van der Waals surface area contributed by atoms with Crippen LogP contribution in [0.1, 0.15) is 23.1 Å². The van der Waals surface area contributed by atoms with E-state index in [4.69, 9.17) is 0 Å². The van der Waals surface area contributed by atoms with Crippen LogP contribution in [0.25, 0.3) is 0 Å². The number of aryl methyl sites for hydroxylation is 2. The molecule has 2 aromatic carbocycles. The molecule has 3 rings (SSSR count). The van der Waals surface area contributed by atoms with Crippen LogP contribution in [0.15, 0.2) is 42.5 Å². The number of nitrogens with one attached hydrogen (secondary N) is 2. The highest BCUT2D eigenvalue weighted by Gasteiger charge is 2.23. The van der Waals surface area contributed by atoms with Gasteiger partial charge in [-0.1, -0.05) is 30.3 Å². The average Bonchev–Trinajstić information content (AvgIpc) is 2.63. The first-order chi connectivity index (χ1) is 10.1. The van der Waals surface area contributed by atoms with E-state index >= 15 is 0 Å². The smallest absolute Gasteiger partial charge is 0.246 e. The molecule has 2 aromatic rings. The summed E-state index contributed by atoms with van der Waals surface area (Å²) in [7, 11) is 0. The van der Waals surface area contributed by atoms with E-state index < -0.39 is 0 Å². The molecule has 1 aliphatic heterocycles. The van der Waals surface area contributed by atoms with Crippen LogP contribution in [0.2, 0.25) is 0 Å². The van der Waals surface area contributed by atoms with Crippen molar-refractivity contribution in [3.63, 3.8) is 0 Å². The summed E-state index contributed by atoms with van der Waals surface area (Å²) in [6, 6.07) is 14.0. The summed E-state index contributed by atoms with van der Waals surface area (Å²) in [5.74, 6) is 0.0425. The van der Waals surface area contributed by atoms with Gasteiger partial charge in [0.25, 0.3) is 0 Å². The van der Waals surface area contributed by atoms with E-state index in [1.165, 1.54) is 16.7 Å². The molecule has 108 valence electrons. The molecule has 0 aliphatic carbocycles. The molecule has 1 atom stereocenters. The Balaban J connectivity index is 1.82. The number of benzene rings is 2. The first-order valence-electron chi connectivity index (χ1n) is 7.36. The van der Waals surface area contributed by atoms with Crippen LogP contribution in [-0.2, 0) is 11.2 Å². The Morgan fingerprint density at radius 1 is 1.10 bits per heavy atom. The maximum Gasteiger partial charge on any atom is 0.246 e. The SMILES string of the molecule is Cc1cccc(NC2CCc3ccccc3NC2=O)c1C. The van der Waals surface area contributed by atoms with Gasteiger partial charge < -0.3 is 10.6 Å². The predicted octanol–water partition coefficient (Wildman–Crippen LogP) is 3.67. The van der Waals surface area contributed by atoms with Gasteiger partial charge in [-0.05, 0) is 55.5 Å². The van der Waals surface area contributed by atoms with Gasteiger partial charge in [0.15, 0.2) is 0 Å². The van der Waals surface area contributed by atoms with Gasteiger partial charge in [-0.2, -0.15) is 0 Å². The Bertz CT molecular complexity index is 679. The van der Waals surface area contributed by atoms with Crippen molar-refractivity contribution >= 4 is 17.3 Å². The van der Waals surface area contributed by atoms with Gasteiger partial charge in [0, 0.05) is 11.4 Å². The zero-order valence-corrected chi connectivity index (χ0v) is 12.4. The lowest BCUT2D eigenvalue weighted by molar-refractivity contribution is -0.116. The number of carbonyl (C=O) groups is 1. The molecule has 1 aliphatic rings. The second kappa shape index (κ2) is 5.60. The van der Waals surface area contributed by atoms with Crippen LogP contribution in [0.5, 0.6) is 0 Å². The lowest BCUT2D eigenvalue weighted by Gasteiger charge is -2.19. The van der Waals surface area contributed by atoms with Gasteiger partial charge in [0.2, 0.25) is 5.91 Å². The summed E-state index contributed by atoms with van der Waals surface area (Å²) in [5.41, 5.74) is 5.62. The van der Waals surface area contributed by atoms with Crippen molar-refractivity contribution in [1.82, 2.24) is 0 Å². The molecule has 0 saturated heterocycles. The Hall–Kier alpha value is -2.29. The molecule has 0 saturated carbocycles. The van der Waals surface area contributed by atoms with E-state index in [1.54, 1.807) is 0 Å². The van der Waals surface area contributed by atoms with E-state index in [-0.39, 0.29) is 11.9 Å². The fraction of sp³-hybridized carbons (Fsp3) is 0.278. The van der Waals surface area contributed by atoms with E-state index in [2.05, 4.69) is 36.6 Å². The van der Waals surface area contributed by atoms with Crippen LogP contribution < -0.4 is 10.6 Å². The monoisotopic (exact) mass is 280 g/mol. The van der Waals surface area contributed by atoms with Crippen LogP contribution in [0.4, 0.5) is 11.4 Å². The second-order valence-electron chi connectivity index (χ2n) is 5.63. The number of rotatable bonds is 2. The third-order valence-electron chi connectivity index (χ3n) is 4.23. The maximum absolute atomic E-state index is 12.4. The van der Waals surface area contributed by atoms with Crippen molar-refractivity contribution in [3.8, 4) is 0 Å². The number of para-hydroxylation sites is 1. The fourth-order valence-corrected chi connectivity index (χ4v) is 2.74. The van der Waals surface area contributed by atoms with Gasteiger partial charge in [-0.3, -0.25) is 4.79 Å². The standard InChI is InChI=1S/C18H20N2O/c1-12-6-5-9-15(13(12)2)19-17-11-10-14-7-3-4-8-16(14)20-18(17)21/h3-9,17,19H,10-11H2,1-2H3,(H,20,21). The average molecular weight is 280 g/mol. The Morgan fingerprint density at radius 2 is 1.90 bits per heavy atom. The predicted molar refractivity (Wildman–Crippen MR) is 86.7 cm³/mol. The van der Waals surface area contributed by atoms with Gasteiger partial charge in [0.1, 0.15) is 6.04 Å². The normalized spacial score (nSPS) is 17.6. The van der Waals surface area contributed by atoms with Gasteiger partial charge in [0.05, 0.1) is 0 Å². The van der Waals surface area contributed by atoms with Gasteiger partial charge >= 0.3 is 0 Å². The molecule has 1 unspecified atom stereocenters. The number of amides is 1. The molecule has 0 radical (unpaired) electrons. The number of fused-ring (bicyclic) bond motifs is 1. The minimum atomic E-state index is -0.196. The number of hydrogen-bond donors (Lipinski definition) is 2. The minimum Gasteiger partial charge on any atom is -0.373 e. The summed E-state index contributed by atoms with van der Waals surface area (Å²) in [6.45, 7) is 4.17. The summed E-state index contributed by atoms with van der Waals surface area (Å²) >= 11 is 0. The molecule has 0 fully saturated rings. The van der Waals surface area contributed by atoms with Crippen molar-refractivity contribution in [3.05, 3.63) is 59.2 Å². The zero-order valence-electron chi connectivity index (χ0n) is 12.4. The highest BCUT2D eigenvalue weighted by atomic mass is 16.2. The van der Waals surface area contributed by atoms with E-state index in [0.717, 1.165) is 24.2 Å². The van der Waals surface area contributed by atoms with Crippen molar-refractivity contribution in [1.29, 1.82) is 0 Å². The minimum absolute atomic E-state index is 0.0425. The Morgan fingerprint density at radius 3 is 2.76 bits per heavy atom. The second-order valence-corrected chi connectivity index (χ2v) is 5.63. The van der Waals surface area contributed by atoms with Crippen molar-refractivity contribution in [2.45, 2.75) is 32.7 Å². The van der Waals surface area contributed by atoms with Crippen molar-refractivity contribution < 1.29 is 4.79 Å². The van der Waals surface area contributed by atoms with Gasteiger partial charge in [-0.25, -0.2) is 0 Å². The molecule has 21 heavy (non-hydrogen) atoms. The van der Waals surface area contributed by atoms with Crippen molar-refractivity contribution in [2.75, 3.05) is 10.6 Å². The van der Waals surface area contributed by atoms with Crippen molar-refractivity contribution in [2.24, 2.45) is 0 Å². The number of anilines is 2. The summed E-state index contributed by atoms with van der Waals surface area (Å²) in [4.78, 5) is 12.4. The highest BCUT2D eigenvalue weighted by molar-refractivity contribution is 5.98. The topological polar surface area (TPSA) is 41.1 Å². The van der Waals surface area contributed by atoms with Crippen LogP contribution in [0.3, 0.4) is 0 Å². The molecule has 3 heteroatoms. The molecule has 2 N–H and O–H groups in total. The molecule has 0 aromatic heterocycles. The molecule has 1 amide bonds. The summed E-state index contributed by atoms with van der Waals surface area (Å²) in [5, 5.41) is 6.43. The lowest BCUT2D eigenvalue weighted by Crippen LogP contribution is -2.33. The first kappa shape index (κ1) is 13.7. The molecule has 0 bridgehead atoms. The first-order valence-corrected chi connectivity index (χ1v) is 7.36. The number of hydrogen-bond acceptors (Lipinski definition) is 2. The quantitative estimate of drug-likeness (QED) is 0.881. The Kier molecular flexibility index (Phi) is 3.65. The third kappa shape index (κ3) is 2.77. The van der Waals surface area contributed by atoms with Crippen LogP contribution >= 0.6 is 0 Å². The zero-order chi connectivity index (χ0) is 14.8. The Labute approximate surface area is 125 Å². The van der Waals surface area contributed by atoms with Crippen LogP contribution in [-0.4, -0.2) is 11.9 Å². The molecular formula is C18H20N2O. The van der Waals surface area contributed by atoms with Gasteiger partial charge in [-0.15, -0.1) is 0 Å². The molecule has 0 spiro atoms. The van der Waals surface area contributed by atoms with E-state index in [1.807, 2.05) is 30.3 Å². The maximum atomic E-state index is 12.4. The lowest BCUT2D eigenvalue weighted by atomic mass is 10.0. The van der Waals surface area contributed by atoms with Crippen LogP contribution in [0, 0.1) is 13.8 Å². The third-order valence-corrected chi connectivity index (χ3v) is 4.23. The summed E-state index contributed by atoms with van der Waals surface area (Å²) < 4.78 is 0. The van der Waals surface area contributed by atoms with E-state index in [0.29, 0.717) is 0 Å². The fourth-order valence-electron chi connectivity index (χ4n) is 2.74. The largest absolute Gasteiger partial charge is 0.373 e. The number of carbonyl (C=O) groups excluding carboxylic acids is 1. The highest BCUT2D eigenvalue weighted by Crippen LogP contribution is 2.25.